The summed E-state index contributed by atoms with van der Waals surface area (Å²) in [4.78, 5) is 18.2. The maximum Gasteiger partial charge on any atom is 0.254 e. The lowest BCUT2D eigenvalue weighted by Crippen LogP contribution is -2.38. The van der Waals surface area contributed by atoms with Crippen molar-refractivity contribution in [3.05, 3.63) is 23.9 Å². The molecule has 1 fully saturated rings. The lowest BCUT2D eigenvalue weighted by atomic mass is 10.2. The second-order valence-electron chi connectivity index (χ2n) is 4.96. The number of aromatic nitrogens is 1. The molecule has 1 saturated carbocycles. The molecule has 0 atom stereocenters. The molecule has 0 bridgehead atoms. The van der Waals surface area contributed by atoms with E-state index in [1.54, 1.807) is 18.3 Å². The van der Waals surface area contributed by atoms with Gasteiger partial charge in [0.2, 0.25) is 0 Å². The third kappa shape index (κ3) is 2.96. The minimum absolute atomic E-state index is 0.0565. The minimum Gasteiger partial charge on any atom is -0.384 e. The SMILES string of the molecule is CC(C)N(CC1CC1)C(=O)c1ccnc(N)c1. The lowest BCUT2D eigenvalue weighted by molar-refractivity contribution is 0.0696. The van der Waals surface area contributed by atoms with Gasteiger partial charge in [-0.1, -0.05) is 0 Å². The number of carbonyl (C=O) groups excluding carboxylic acids is 1. The molecule has 17 heavy (non-hydrogen) atoms. The first kappa shape index (κ1) is 11.9. The highest BCUT2D eigenvalue weighted by molar-refractivity contribution is 5.94. The molecule has 92 valence electrons. The molecule has 0 aromatic carbocycles. The van der Waals surface area contributed by atoms with Gasteiger partial charge in [0, 0.05) is 24.3 Å². The Labute approximate surface area is 102 Å². The Kier molecular flexibility index (Phi) is 3.31. The van der Waals surface area contributed by atoms with Crippen LogP contribution in [0.2, 0.25) is 0 Å². The quantitative estimate of drug-likeness (QED) is 0.864. The summed E-state index contributed by atoms with van der Waals surface area (Å²) >= 11 is 0. The first-order valence-corrected chi connectivity index (χ1v) is 6.10. The molecule has 0 radical (unpaired) electrons. The summed E-state index contributed by atoms with van der Waals surface area (Å²) < 4.78 is 0. The van der Waals surface area contributed by atoms with Gasteiger partial charge in [0.25, 0.3) is 5.91 Å². The Morgan fingerprint density at radius 1 is 1.59 bits per heavy atom. The first-order chi connectivity index (χ1) is 8.08. The summed E-state index contributed by atoms with van der Waals surface area (Å²) in [7, 11) is 0. The average Bonchev–Trinajstić information content (AvgIpc) is 3.08. The zero-order valence-corrected chi connectivity index (χ0v) is 10.4. The van der Waals surface area contributed by atoms with Crippen LogP contribution < -0.4 is 5.73 Å². The van der Waals surface area contributed by atoms with Crippen LogP contribution in [0.4, 0.5) is 5.82 Å². The van der Waals surface area contributed by atoms with E-state index in [0.717, 1.165) is 6.54 Å². The lowest BCUT2D eigenvalue weighted by Gasteiger charge is -2.27. The van der Waals surface area contributed by atoms with Crippen LogP contribution in [0.1, 0.15) is 37.0 Å². The minimum atomic E-state index is 0.0565. The third-order valence-electron chi connectivity index (χ3n) is 3.06. The molecule has 2 rings (SSSR count). The summed E-state index contributed by atoms with van der Waals surface area (Å²) in [6.07, 6.45) is 4.07. The van der Waals surface area contributed by atoms with E-state index in [-0.39, 0.29) is 11.9 Å². The van der Waals surface area contributed by atoms with Crippen molar-refractivity contribution < 1.29 is 4.79 Å². The van der Waals surface area contributed by atoms with Crippen molar-refractivity contribution in [1.82, 2.24) is 9.88 Å². The number of pyridine rings is 1. The topological polar surface area (TPSA) is 59.2 Å². The maximum absolute atomic E-state index is 12.3. The Morgan fingerprint density at radius 3 is 2.82 bits per heavy atom. The van der Waals surface area contributed by atoms with Crippen LogP contribution in [-0.2, 0) is 0 Å². The molecule has 0 spiro atoms. The highest BCUT2D eigenvalue weighted by atomic mass is 16.2. The van der Waals surface area contributed by atoms with Gasteiger partial charge in [-0.15, -0.1) is 0 Å². The van der Waals surface area contributed by atoms with Gasteiger partial charge in [0.15, 0.2) is 0 Å². The number of rotatable bonds is 4. The van der Waals surface area contributed by atoms with Crippen molar-refractivity contribution in [3.63, 3.8) is 0 Å². The molecule has 1 heterocycles. The van der Waals surface area contributed by atoms with Crippen LogP contribution >= 0.6 is 0 Å². The molecule has 1 aliphatic rings. The molecule has 0 unspecified atom stereocenters. The highest BCUT2D eigenvalue weighted by Gasteiger charge is 2.28. The van der Waals surface area contributed by atoms with Crippen molar-refractivity contribution in [2.45, 2.75) is 32.7 Å². The summed E-state index contributed by atoms with van der Waals surface area (Å²) in [5.41, 5.74) is 6.24. The molecule has 1 amide bonds. The van der Waals surface area contributed by atoms with E-state index in [1.807, 2.05) is 18.7 Å². The summed E-state index contributed by atoms with van der Waals surface area (Å²) in [5, 5.41) is 0. The van der Waals surface area contributed by atoms with Crippen molar-refractivity contribution >= 4 is 11.7 Å². The number of nitrogens with two attached hydrogens (primary N) is 1. The van der Waals surface area contributed by atoms with E-state index in [2.05, 4.69) is 4.98 Å². The number of nitrogen functional groups attached to an aromatic ring is 1. The van der Waals surface area contributed by atoms with Crippen LogP contribution in [0, 0.1) is 5.92 Å². The second-order valence-corrected chi connectivity index (χ2v) is 4.96. The number of amides is 1. The smallest absolute Gasteiger partial charge is 0.254 e. The normalized spacial score (nSPS) is 15.0. The Balaban J connectivity index is 2.14. The van der Waals surface area contributed by atoms with E-state index in [4.69, 9.17) is 5.73 Å². The fourth-order valence-corrected chi connectivity index (χ4v) is 1.85. The number of hydrogen-bond acceptors (Lipinski definition) is 3. The van der Waals surface area contributed by atoms with Crippen molar-refractivity contribution in [3.8, 4) is 0 Å². The number of hydrogen-bond donors (Lipinski definition) is 1. The second kappa shape index (κ2) is 4.73. The largest absolute Gasteiger partial charge is 0.384 e. The Hall–Kier alpha value is -1.58. The molecular weight excluding hydrogens is 214 g/mol. The van der Waals surface area contributed by atoms with Gasteiger partial charge in [0.1, 0.15) is 5.82 Å². The van der Waals surface area contributed by atoms with Crippen LogP contribution in [0.15, 0.2) is 18.3 Å². The van der Waals surface area contributed by atoms with Gasteiger partial charge < -0.3 is 10.6 Å². The molecule has 2 N–H and O–H groups in total. The molecule has 4 heteroatoms. The van der Waals surface area contributed by atoms with Crippen molar-refractivity contribution in [2.75, 3.05) is 12.3 Å². The van der Waals surface area contributed by atoms with E-state index >= 15 is 0 Å². The predicted octanol–water partition coefficient (Wildman–Crippen LogP) is 1.92. The van der Waals surface area contributed by atoms with Gasteiger partial charge in [-0.05, 0) is 44.7 Å². The monoisotopic (exact) mass is 233 g/mol. The molecule has 0 saturated heterocycles. The number of anilines is 1. The fraction of sp³-hybridized carbons (Fsp3) is 0.538. The van der Waals surface area contributed by atoms with Gasteiger partial charge >= 0.3 is 0 Å². The number of nitrogens with zero attached hydrogens (tertiary/aromatic N) is 2. The van der Waals surface area contributed by atoms with Crippen LogP contribution in [-0.4, -0.2) is 28.4 Å². The highest BCUT2D eigenvalue weighted by Crippen LogP contribution is 2.30. The van der Waals surface area contributed by atoms with Crippen molar-refractivity contribution in [2.24, 2.45) is 5.92 Å². The summed E-state index contributed by atoms with van der Waals surface area (Å²) in [6.45, 7) is 4.95. The van der Waals surface area contributed by atoms with E-state index < -0.39 is 0 Å². The molecule has 0 aliphatic heterocycles. The summed E-state index contributed by atoms with van der Waals surface area (Å²) in [5.74, 6) is 1.15. The predicted molar refractivity (Wildman–Crippen MR) is 67.5 cm³/mol. The molecule has 1 aromatic heterocycles. The standard InChI is InChI=1S/C13H19N3O/c1-9(2)16(8-10-3-4-10)13(17)11-5-6-15-12(14)7-11/h5-7,9-10H,3-4,8H2,1-2H3,(H2,14,15). The third-order valence-corrected chi connectivity index (χ3v) is 3.06. The van der Waals surface area contributed by atoms with Gasteiger partial charge in [0.05, 0.1) is 0 Å². The van der Waals surface area contributed by atoms with Crippen LogP contribution in [0.25, 0.3) is 0 Å². The Morgan fingerprint density at radius 2 is 2.29 bits per heavy atom. The van der Waals surface area contributed by atoms with Crippen LogP contribution in [0.3, 0.4) is 0 Å². The van der Waals surface area contributed by atoms with E-state index in [9.17, 15) is 4.79 Å². The van der Waals surface area contributed by atoms with Gasteiger partial charge in [-0.2, -0.15) is 0 Å². The molecule has 4 nitrogen and oxygen atoms in total. The van der Waals surface area contributed by atoms with Gasteiger partial charge in [-0.3, -0.25) is 4.79 Å². The number of carbonyl (C=O) groups is 1. The van der Waals surface area contributed by atoms with Crippen LogP contribution in [0.5, 0.6) is 0 Å². The average molecular weight is 233 g/mol. The molecular formula is C13H19N3O. The zero-order chi connectivity index (χ0) is 12.4. The summed E-state index contributed by atoms with van der Waals surface area (Å²) in [6, 6.07) is 3.59. The zero-order valence-electron chi connectivity index (χ0n) is 10.4. The maximum atomic E-state index is 12.3. The molecule has 1 aliphatic carbocycles. The van der Waals surface area contributed by atoms with Gasteiger partial charge in [-0.25, -0.2) is 4.98 Å². The van der Waals surface area contributed by atoms with E-state index in [0.29, 0.717) is 17.3 Å². The molecule has 1 aromatic rings. The fourth-order valence-electron chi connectivity index (χ4n) is 1.85. The first-order valence-electron chi connectivity index (χ1n) is 6.10. The van der Waals surface area contributed by atoms with E-state index in [1.165, 1.54) is 12.8 Å². The Bertz CT molecular complexity index is 413. The van der Waals surface area contributed by atoms with Crippen molar-refractivity contribution in [1.29, 1.82) is 0 Å².